The number of hydrogen-bond acceptors (Lipinski definition) is 3. The van der Waals surface area contributed by atoms with Gasteiger partial charge in [0.25, 0.3) is 0 Å². The molecule has 0 fully saturated rings. The van der Waals surface area contributed by atoms with E-state index in [4.69, 9.17) is 4.74 Å². The summed E-state index contributed by atoms with van der Waals surface area (Å²) in [4.78, 5) is 26.8. The third-order valence-corrected chi connectivity index (χ3v) is 4.93. The normalized spacial score (nSPS) is 11.0. The predicted molar refractivity (Wildman–Crippen MR) is 106 cm³/mol. The smallest absolute Gasteiger partial charge is 0.328 e. The summed E-state index contributed by atoms with van der Waals surface area (Å²) in [6.07, 6.45) is 0.195. The monoisotopic (exact) mass is 385 g/mol. The first-order valence-corrected chi connectivity index (χ1v) is 9.20. The molecule has 0 N–H and O–H groups in total. The molecule has 7 heteroatoms. The quantitative estimate of drug-likeness (QED) is 0.628. The molecule has 148 valence electrons. The fraction of sp³-hybridized carbons (Fsp3) is 0.333. The molecule has 2 aromatic carbocycles. The van der Waals surface area contributed by atoms with E-state index in [-0.39, 0.29) is 23.8 Å². The molecule has 1 aromatic heterocycles. The van der Waals surface area contributed by atoms with Gasteiger partial charge in [0.2, 0.25) is 5.91 Å². The number of carbonyl (C=O) groups excluding carboxylic acids is 1. The Balaban J connectivity index is 1.72. The molecule has 28 heavy (non-hydrogen) atoms. The van der Waals surface area contributed by atoms with Crippen LogP contribution in [-0.2, 0) is 24.9 Å². The average Bonchev–Trinajstić information content (AvgIpc) is 2.95. The molecule has 0 aliphatic rings. The second-order valence-electron chi connectivity index (χ2n) is 6.61. The molecule has 0 bridgehead atoms. The van der Waals surface area contributed by atoms with Crippen molar-refractivity contribution in [3.8, 4) is 5.75 Å². The Labute approximate surface area is 162 Å². The number of halogens is 1. The lowest BCUT2D eigenvalue weighted by Gasteiger charge is -2.21. The van der Waals surface area contributed by atoms with Crippen LogP contribution in [0.5, 0.6) is 5.75 Å². The second kappa shape index (κ2) is 8.29. The molecule has 3 aromatic rings. The molecule has 0 saturated heterocycles. The van der Waals surface area contributed by atoms with E-state index >= 15 is 0 Å². The number of ether oxygens (including phenoxy) is 1. The number of fused-ring (bicyclic) bond motifs is 1. The van der Waals surface area contributed by atoms with Gasteiger partial charge in [0.15, 0.2) is 11.6 Å². The molecule has 6 nitrogen and oxygen atoms in total. The van der Waals surface area contributed by atoms with Crippen molar-refractivity contribution in [3.05, 3.63) is 64.3 Å². The molecule has 0 aliphatic carbocycles. The molecule has 0 spiro atoms. The van der Waals surface area contributed by atoms with Crippen LogP contribution < -0.4 is 10.4 Å². The van der Waals surface area contributed by atoms with Crippen molar-refractivity contribution in [2.75, 3.05) is 13.7 Å². The Bertz CT molecular complexity index is 1050. The third-order valence-electron chi connectivity index (χ3n) is 4.93. The van der Waals surface area contributed by atoms with Crippen molar-refractivity contribution < 1.29 is 13.9 Å². The van der Waals surface area contributed by atoms with Crippen LogP contribution in [0.15, 0.2) is 47.3 Å². The highest BCUT2D eigenvalue weighted by Gasteiger charge is 2.16. The van der Waals surface area contributed by atoms with Gasteiger partial charge in [-0.05, 0) is 36.8 Å². The summed E-state index contributed by atoms with van der Waals surface area (Å²) < 4.78 is 22.0. The lowest BCUT2D eigenvalue weighted by molar-refractivity contribution is -0.131. The third kappa shape index (κ3) is 3.78. The average molecular weight is 385 g/mol. The number of imidazole rings is 1. The van der Waals surface area contributed by atoms with Gasteiger partial charge in [-0.1, -0.05) is 18.2 Å². The highest BCUT2D eigenvalue weighted by atomic mass is 19.1. The Morgan fingerprint density at radius 2 is 1.89 bits per heavy atom. The first-order valence-electron chi connectivity index (χ1n) is 9.20. The van der Waals surface area contributed by atoms with Crippen LogP contribution in [-0.4, -0.2) is 33.6 Å². The Morgan fingerprint density at radius 1 is 1.18 bits per heavy atom. The number of aryl methyl sites for hydroxylation is 2. The summed E-state index contributed by atoms with van der Waals surface area (Å²) in [5.41, 5.74) is 2.19. The van der Waals surface area contributed by atoms with E-state index in [1.807, 2.05) is 31.2 Å². The summed E-state index contributed by atoms with van der Waals surface area (Å²) >= 11 is 0. The van der Waals surface area contributed by atoms with E-state index in [9.17, 15) is 14.0 Å². The van der Waals surface area contributed by atoms with E-state index < -0.39 is 5.82 Å². The van der Waals surface area contributed by atoms with Crippen molar-refractivity contribution in [1.29, 1.82) is 0 Å². The van der Waals surface area contributed by atoms with E-state index in [1.54, 1.807) is 33.2 Å². The van der Waals surface area contributed by atoms with E-state index in [0.717, 1.165) is 11.0 Å². The minimum Gasteiger partial charge on any atom is -0.494 e. The van der Waals surface area contributed by atoms with E-state index in [2.05, 4.69) is 0 Å². The summed E-state index contributed by atoms with van der Waals surface area (Å²) in [5.74, 6) is -0.363. The van der Waals surface area contributed by atoms with Gasteiger partial charge >= 0.3 is 5.69 Å². The second-order valence-corrected chi connectivity index (χ2v) is 6.61. The molecule has 1 heterocycles. The lowest BCUT2D eigenvalue weighted by Crippen LogP contribution is -2.32. The molecule has 0 saturated carbocycles. The Hall–Kier alpha value is -3.09. The molecule has 1 amide bonds. The molecule has 3 rings (SSSR count). The topological polar surface area (TPSA) is 56.5 Å². The number of benzene rings is 2. The van der Waals surface area contributed by atoms with Crippen molar-refractivity contribution in [2.45, 2.75) is 26.4 Å². The first kappa shape index (κ1) is 19.7. The molecule has 0 unspecified atom stereocenters. The van der Waals surface area contributed by atoms with Gasteiger partial charge in [0.05, 0.1) is 18.1 Å². The van der Waals surface area contributed by atoms with Crippen molar-refractivity contribution in [2.24, 2.45) is 7.05 Å². The zero-order valence-electron chi connectivity index (χ0n) is 16.3. The maximum absolute atomic E-state index is 13.9. The fourth-order valence-corrected chi connectivity index (χ4v) is 3.35. The highest BCUT2D eigenvalue weighted by Crippen LogP contribution is 2.19. The van der Waals surface area contributed by atoms with Gasteiger partial charge in [-0.25, -0.2) is 9.18 Å². The van der Waals surface area contributed by atoms with Crippen LogP contribution in [0.2, 0.25) is 0 Å². The summed E-state index contributed by atoms with van der Waals surface area (Å²) in [6, 6.07) is 12.2. The van der Waals surface area contributed by atoms with Gasteiger partial charge in [-0.2, -0.15) is 0 Å². The van der Waals surface area contributed by atoms with Crippen LogP contribution in [0.1, 0.15) is 18.9 Å². The summed E-state index contributed by atoms with van der Waals surface area (Å²) in [6.45, 7) is 2.98. The minimum absolute atomic E-state index is 0.0847. The van der Waals surface area contributed by atoms with Gasteiger partial charge in [-0.3, -0.25) is 13.9 Å². The minimum atomic E-state index is -0.453. The molecule has 0 atom stereocenters. The van der Waals surface area contributed by atoms with Gasteiger partial charge in [0, 0.05) is 33.1 Å². The first-order chi connectivity index (χ1) is 13.5. The van der Waals surface area contributed by atoms with Crippen LogP contribution in [0.3, 0.4) is 0 Å². The van der Waals surface area contributed by atoms with Crippen LogP contribution in [0.25, 0.3) is 11.0 Å². The SMILES string of the molecule is CCN(Cc1ccc(OC)c(F)c1)C(=O)CCn1c(=O)n(C)c2ccccc21. The van der Waals surface area contributed by atoms with Crippen molar-refractivity contribution in [3.63, 3.8) is 0 Å². The lowest BCUT2D eigenvalue weighted by atomic mass is 10.2. The number of amides is 1. The number of aromatic nitrogens is 2. The zero-order chi connectivity index (χ0) is 20.3. The molecule has 0 radical (unpaired) electrons. The maximum Gasteiger partial charge on any atom is 0.328 e. The number of para-hydroxylation sites is 2. The fourth-order valence-electron chi connectivity index (χ4n) is 3.35. The maximum atomic E-state index is 13.9. The number of carbonyl (C=O) groups is 1. The van der Waals surface area contributed by atoms with Crippen LogP contribution in [0, 0.1) is 5.82 Å². The van der Waals surface area contributed by atoms with Gasteiger partial charge in [-0.15, -0.1) is 0 Å². The van der Waals surface area contributed by atoms with Gasteiger partial charge < -0.3 is 9.64 Å². The Kier molecular flexibility index (Phi) is 5.82. The van der Waals surface area contributed by atoms with Crippen molar-refractivity contribution in [1.82, 2.24) is 14.0 Å². The summed E-state index contributed by atoms with van der Waals surface area (Å²) in [5, 5.41) is 0. The zero-order valence-corrected chi connectivity index (χ0v) is 16.3. The molecular formula is C21H24FN3O3. The van der Waals surface area contributed by atoms with Crippen LogP contribution >= 0.6 is 0 Å². The summed E-state index contributed by atoms with van der Waals surface area (Å²) in [7, 11) is 3.13. The van der Waals surface area contributed by atoms with E-state index in [0.29, 0.717) is 25.2 Å². The predicted octanol–water partition coefficient (Wildman–Crippen LogP) is 2.93. The molecule has 0 aliphatic heterocycles. The number of methoxy groups -OCH3 is 1. The largest absolute Gasteiger partial charge is 0.494 e. The van der Waals surface area contributed by atoms with E-state index in [1.165, 1.54) is 13.2 Å². The standard InChI is InChI=1S/C21H24FN3O3/c1-4-24(14-15-9-10-19(28-3)16(22)13-15)20(26)11-12-25-18-8-6-5-7-17(18)23(2)21(25)27/h5-10,13H,4,11-12,14H2,1-3H3. The number of rotatable bonds is 7. The van der Waals surface area contributed by atoms with Crippen molar-refractivity contribution >= 4 is 16.9 Å². The van der Waals surface area contributed by atoms with Crippen LogP contribution in [0.4, 0.5) is 4.39 Å². The highest BCUT2D eigenvalue weighted by molar-refractivity contribution is 5.78. The number of nitrogens with zero attached hydrogens (tertiary/aromatic N) is 3. The Morgan fingerprint density at radius 3 is 2.54 bits per heavy atom. The molecular weight excluding hydrogens is 361 g/mol. The van der Waals surface area contributed by atoms with Gasteiger partial charge in [0.1, 0.15) is 0 Å². The number of hydrogen-bond donors (Lipinski definition) is 0.